The molecule has 0 fully saturated rings. The molecule has 3 rings (SSSR count). The first-order valence-corrected chi connectivity index (χ1v) is 8.99. The Morgan fingerprint density at radius 2 is 1.68 bits per heavy atom. The summed E-state index contributed by atoms with van der Waals surface area (Å²) in [6.07, 6.45) is 1.42. The standard InChI is InChI=1S/C18H16FN3O2S/c1-13-3-2-4-17(11-13)25(23,24)22-16-9-10-18(20-12-16)21-15-7-5-14(19)6-8-15/h2-12,22H,1H3,(H,20,21). The molecule has 0 aliphatic heterocycles. The fraction of sp³-hybridized carbons (Fsp3) is 0.0556. The summed E-state index contributed by atoms with van der Waals surface area (Å²) in [6.45, 7) is 1.83. The molecule has 0 saturated carbocycles. The molecule has 3 aromatic rings. The molecule has 0 radical (unpaired) electrons. The zero-order valence-corrected chi connectivity index (χ0v) is 14.2. The highest BCUT2D eigenvalue weighted by molar-refractivity contribution is 7.92. The van der Waals surface area contributed by atoms with Gasteiger partial charge in [0, 0.05) is 5.69 Å². The number of pyridine rings is 1. The monoisotopic (exact) mass is 357 g/mol. The molecular formula is C18H16FN3O2S. The van der Waals surface area contributed by atoms with Crippen molar-refractivity contribution in [3.63, 3.8) is 0 Å². The summed E-state index contributed by atoms with van der Waals surface area (Å²) >= 11 is 0. The largest absolute Gasteiger partial charge is 0.340 e. The minimum Gasteiger partial charge on any atom is -0.340 e. The van der Waals surface area contributed by atoms with Gasteiger partial charge in [0.2, 0.25) is 0 Å². The molecule has 0 bridgehead atoms. The van der Waals surface area contributed by atoms with Gasteiger partial charge in [0.15, 0.2) is 0 Å². The first-order chi connectivity index (χ1) is 11.9. The minimum absolute atomic E-state index is 0.195. The van der Waals surface area contributed by atoms with E-state index in [1.54, 1.807) is 36.4 Å². The molecule has 0 aliphatic rings. The number of benzene rings is 2. The second kappa shape index (κ2) is 6.90. The number of halogens is 1. The number of hydrogen-bond donors (Lipinski definition) is 2. The van der Waals surface area contributed by atoms with Crippen molar-refractivity contribution in [2.24, 2.45) is 0 Å². The molecule has 128 valence electrons. The Hall–Kier alpha value is -2.93. The van der Waals surface area contributed by atoms with Crippen LogP contribution in [0.25, 0.3) is 0 Å². The highest BCUT2D eigenvalue weighted by atomic mass is 32.2. The van der Waals surface area contributed by atoms with E-state index in [2.05, 4.69) is 15.0 Å². The third-order valence-electron chi connectivity index (χ3n) is 3.43. The summed E-state index contributed by atoms with van der Waals surface area (Å²) < 4.78 is 40.1. The average molecular weight is 357 g/mol. The molecule has 1 heterocycles. The van der Waals surface area contributed by atoms with Gasteiger partial charge in [-0.05, 0) is 61.0 Å². The third-order valence-corrected chi connectivity index (χ3v) is 4.81. The highest BCUT2D eigenvalue weighted by Gasteiger charge is 2.14. The Morgan fingerprint density at radius 1 is 0.960 bits per heavy atom. The smallest absolute Gasteiger partial charge is 0.261 e. The summed E-state index contributed by atoms with van der Waals surface area (Å²) in [5.74, 6) is 0.199. The zero-order valence-electron chi connectivity index (χ0n) is 13.4. The fourth-order valence-corrected chi connectivity index (χ4v) is 3.35. The number of nitrogens with one attached hydrogen (secondary N) is 2. The van der Waals surface area contributed by atoms with Crippen LogP contribution in [0.15, 0.2) is 71.8 Å². The third kappa shape index (κ3) is 4.33. The van der Waals surface area contributed by atoms with Crippen LogP contribution >= 0.6 is 0 Å². The van der Waals surface area contributed by atoms with Crippen LogP contribution in [0.3, 0.4) is 0 Å². The van der Waals surface area contributed by atoms with Gasteiger partial charge < -0.3 is 5.32 Å². The van der Waals surface area contributed by atoms with Crippen molar-refractivity contribution >= 4 is 27.2 Å². The predicted octanol–water partition coefficient (Wildman–Crippen LogP) is 4.07. The van der Waals surface area contributed by atoms with Crippen molar-refractivity contribution in [3.8, 4) is 0 Å². The molecule has 2 aromatic carbocycles. The molecule has 0 amide bonds. The van der Waals surface area contributed by atoms with Crippen LogP contribution in [0, 0.1) is 12.7 Å². The Balaban J connectivity index is 1.73. The number of nitrogens with zero attached hydrogens (tertiary/aromatic N) is 1. The Bertz CT molecular complexity index is 972. The maximum atomic E-state index is 12.9. The minimum atomic E-state index is -3.66. The maximum absolute atomic E-state index is 12.9. The number of anilines is 3. The van der Waals surface area contributed by atoms with Gasteiger partial charge in [-0.2, -0.15) is 0 Å². The lowest BCUT2D eigenvalue weighted by Crippen LogP contribution is -2.13. The van der Waals surface area contributed by atoms with Crippen LogP contribution in [0.5, 0.6) is 0 Å². The van der Waals surface area contributed by atoms with E-state index in [9.17, 15) is 12.8 Å². The van der Waals surface area contributed by atoms with Crippen molar-refractivity contribution in [3.05, 3.63) is 78.2 Å². The summed E-state index contributed by atoms with van der Waals surface area (Å²) in [7, 11) is -3.66. The molecule has 0 unspecified atom stereocenters. The van der Waals surface area contributed by atoms with E-state index in [0.29, 0.717) is 17.2 Å². The molecule has 7 heteroatoms. The lowest BCUT2D eigenvalue weighted by molar-refractivity contribution is 0.601. The molecule has 25 heavy (non-hydrogen) atoms. The molecular weight excluding hydrogens is 341 g/mol. The van der Waals surface area contributed by atoms with Crippen LogP contribution in [0.1, 0.15) is 5.56 Å². The average Bonchev–Trinajstić information content (AvgIpc) is 2.58. The molecule has 0 atom stereocenters. The second-order valence-corrected chi connectivity index (χ2v) is 7.17. The van der Waals surface area contributed by atoms with E-state index in [1.807, 2.05) is 13.0 Å². The molecule has 2 N–H and O–H groups in total. The van der Waals surface area contributed by atoms with Gasteiger partial charge in [-0.25, -0.2) is 17.8 Å². The van der Waals surface area contributed by atoms with Gasteiger partial charge >= 0.3 is 0 Å². The summed E-state index contributed by atoms with van der Waals surface area (Å²) in [4.78, 5) is 4.36. The zero-order chi connectivity index (χ0) is 17.9. The van der Waals surface area contributed by atoms with Crippen LogP contribution in [-0.2, 0) is 10.0 Å². The van der Waals surface area contributed by atoms with E-state index in [-0.39, 0.29) is 10.7 Å². The lowest BCUT2D eigenvalue weighted by Gasteiger charge is -2.10. The fourth-order valence-electron chi connectivity index (χ4n) is 2.21. The molecule has 0 saturated heterocycles. The summed E-state index contributed by atoms with van der Waals surface area (Å²) in [5, 5.41) is 3.01. The van der Waals surface area contributed by atoms with Crippen molar-refractivity contribution in [1.82, 2.24) is 4.98 Å². The Labute approximate surface area is 145 Å². The lowest BCUT2D eigenvalue weighted by atomic mass is 10.2. The number of aromatic nitrogens is 1. The van der Waals surface area contributed by atoms with Crippen LogP contribution in [0.4, 0.5) is 21.6 Å². The quantitative estimate of drug-likeness (QED) is 0.722. The number of aryl methyl sites for hydroxylation is 1. The predicted molar refractivity (Wildman–Crippen MR) is 95.9 cm³/mol. The number of hydrogen-bond acceptors (Lipinski definition) is 4. The van der Waals surface area contributed by atoms with E-state index in [1.165, 1.54) is 24.4 Å². The second-order valence-electron chi connectivity index (χ2n) is 5.49. The van der Waals surface area contributed by atoms with Crippen molar-refractivity contribution in [2.45, 2.75) is 11.8 Å². The summed E-state index contributed by atoms with van der Waals surface area (Å²) in [5.41, 5.74) is 1.90. The van der Waals surface area contributed by atoms with Crippen LogP contribution < -0.4 is 10.0 Å². The van der Waals surface area contributed by atoms with E-state index >= 15 is 0 Å². The van der Waals surface area contributed by atoms with E-state index in [4.69, 9.17) is 0 Å². The van der Waals surface area contributed by atoms with Gasteiger partial charge in [0.1, 0.15) is 11.6 Å². The highest BCUT2D eigenvalue weighted by Crippen LogP contribution is 2.19. The van der Waals surface area contributed by atoms with Crippen molar-refractivity contribution in [1.29, 1.82) is 0 Å². The Kier molecular flexibility index (Phi) is 4.67. The van der Waals surface area contributed by atoms with Gasteiger partial charge in [-0.15, -0.1) is 0 Å². The molecule has 0 aliphatic carbocycles. The maximum Gasteiger partial charge on any atom is 0.261 e. The van der Waals surface area contributed by atoms with Crippen molar-refractivity contribution in [2.75, 3.05) is 10.0 Å². The first kappa shape index (κ1) is 16.9. The molecule has 5 nitrogen and oxygen atoms in total. The number of rotatable bonds is 5. The number of sulfonamides is 1. The normalized spacial score (nSPS) is 11.1. The molecule has 0 spiro atoms. The van der Waals surface area contributed by atoms with E-state index in [0.717, 1.165) is 5.56 Å². The Morgan fingerprint density at radius 3 is 2.32 bits per heavy atom. The van der Waals surface area contributed by atoms with Gasteiger partial charge in [0.25, 0.3) is 10.0 Å². The van der Waals surface area contributed by atoms with Gasteiger partial charge in [0.05, 0.1) is 16.8 Å². The first-order valence-electron chi connectivity index (χ1n) is 7.50. The SMILES string of the molecule is Cc1cccc(S(=O)(=O)Nc2ccc(Nc3ccc(F)cc3)nc2)c1. The topological polar surface area (TPSA) is 71.1 Å². The van der Waals surface area contributed by atoms with Crippen molar-refractivity contribution < 1.29 is 12.8 Å². The van der Waals surface area contributed by atoms with Gasteiger partial charge in [-0.1, -0.05) is 12.1 Å². The van der Waals surface area contributed by atoms with Gasteiger partial charge in [-0.3, -0.25) is 4.72 Å². The summed E-state index contributed by atoms with van der Waals surface area (Å²) in [6, 6.07) is 15.8. The van der Waals surface area contributed by atoms with Crippen LogP contribution in [-0.4, -0.2) is 13.4 Å². The van der Waals surface area contributed by atoms with Crippen LogP contribution in [0.2, 0.25) is 0 Å². The molecule has 1 aromatic heterocycles. The van der Waals surface area contributed by atoms with E-state index < -0.39 is 10.0 Å².